The minimum absolute atomic E-state index is 0.0602. The number of nitrogens with zero attached hydrogens (tertiary/aromatic N) is 4. The van der Waals surface area contributed by atoms with Crippen LogP contribution in [0, 0.1) is 0 Å². The number of aromatic nitrogens is 3. The molecule has 9 heteroatoms. The van der Waals surface area contributed by atoms with Crippen LogP contribution in [-0.2, 0) is 21.5 Å². The number of amides is 3. The third-order valence-corrected chi connectivity index (χ3v) is 5.36. The highest BCUT2D eigenvalue weighted by Crippen LogP contribution is 2.29. The molecule has 2 aliphatic heterocycles. The van der Waals surface area contributed by atoms with E-state index in [4.69, 9.17) is 0 Å². The predicted octanol–water partition coefficient (Wildman–Crippen LogP) is 0.298. The molecule has 2 aromatic rings. The van der Waals surface area contributed by atoms with Gasteiger partial charge in [0.25, 0.3) is 5.91 Å². The summed E-state index contributed by atoms with van der Waals surface area (Å²) in [4.78, 5) is 37.9. The van der Waals surface area contributed by atoms with Crippen LogP contribution in [0.15, 0.2) is 24.4 Å². The zero-order valence-electron chi connectivity index (χ0n) is 15.7. The lowest BCUT2D eigenvalue weighted by Crippen LogP contribution is -2.52. The minimum atomic E-state index is -0.635. The summed E-state index contributed by atoms with van der Waals surface area (Å²) in [5, 5.41) is 20.0. The van der Waals surface area contributed by atoms with Crippen LogP contribution in [0.25, 0.3) is 5.69 Å². The number of hydrogen-bond donors (Lipinski definition) is 2. The average molecular weight is 383 g/mol. The molecule has 28 heavy (non-hydrogen) atoms. The smallest absolute Gasteiger partial charge is 0.255 e. The van der Waals surface area contributed by atoms with Crippen molar-refractivity contribution in [2.24, 2.45) is 0 Å². The summed E-state index contributed by atoms with van der Waals surface area (Å²) in [6, 6.07) is 4.77. The number of fused-ring (bicyclic) bond motifs is 1. The summed E-state index contributed by atoms with van der Waals surface area (Å²) in [5.41, 5.74) is 2.14. The van der Waals surface area contributed by atoms with Gasteiger partial charge in [-0.3, -0.25) is 19.7 Å². The molecule has 146 valence electrons. The van der Waals surface area contributed by atoms with Crippen LogP contribution < -0.4 is 5.32 Å². The third kappa shape index (κ3) is 2.97. The van der Waals surface area contributed by atoms with Crippen molar-refractivity contribution in [3.05, 3.63) is 41.2 Å². The molecule has 4 rings (SSSR count). The van der Waals surface area contributed by atoms with Crippen LogP contribution in [0.5, 0.6) is 0 Å². The fraction of sp³-hybridized carbons (Fsp3) is 0.421. The van der Waals surface area contributed by atoms with E-state index in [1.54, 1.807) is 16.9 Å². The summed E-state index contributed by atoms with van der Waals surface area (Å²) < 4.78 is 1.56. The van der Waals surface area contributed by atoms with Crippen LogP contribution in [0.2, 0.25) is 0 Å². The number of carbonyl (C=O) groups excluding carboxylic acids is 3. The van der Waals surface area contributed by atoms with Crippen LogP contribution >= 0.6 is 0 Å². The fourth-order valence-corrected chi connectivity index (χ4v) is 3.47. The Kier molecular flexibility index (Phi) is 4.26. The van der Waals surface area contributed by atoms with E-state index in [1.165, 1.54) is 4.90 Å². The van der Waals surface area contributed by atoms with Gasteiger partial charge in [-0.05, 0) is 24.1 Å². The Morgan fingerprint density at radius 3 is 2.79 bits per heavy atom. The molecule has 0 radical (unpaired) electrons. The van der Waals surface area contributed by atoms with E-state index >= 15 is 0 Å². The monoisotopic (exact) mass is 383 g/mol. The Morgan fingerprint density at radius 2 is 2.07 bits per heavy atom. The normalized spacial score (nSPS) is 19.8. The molecule has 0 spiro atoms. The predicted molar refractivity (Wildman–Crippen MR) is 97.5 cm³/mol. The Labute approximate surface area is 161 Å². The summed E-state index contributed by atoms with van der Waals surface area (Å²) >= 11 is 0. The highest BCUT2D eigenvalue weighted by Gasteiger charge is 2.39. The molecule has 1 aromatic heterocycles. The van der Waals surface area contributed by atoms with Crippen molar-refractivity contribution in [1.29, 1.82) is 0 Å². The highest BCUT2D eigenvalue weighted by atomic mass is 16.3. The third-order valence-electron chi connectivity index (χ3n) is 5.36. The molecule has 9 nitrogen and oxygen atoms in total. The maximum Gasteiger partial charge on any atom is 0.255 e. The lowest BCUT2D eigenvalue weighted by Gasteiger charge is -2.29. The van der Waals surface area contributed by atoms with Crippen LogP contribution in [0.3, 0.4) is 0 Å². The second-order valence-corrected chi connectivity index (χ2v) is 7.83. The number of aliphatic hydroxyl groups is 1. The van der Waals surface area contributed by atoms with E-state index < -0.39 is 17.4 Å². The second kappa shape index (κ2) is 6.52. The number of rotatable bonds is 4. The first-order chi connectivity index (χ1) is 13.3. The molecule has 1 fully saturated rings. The zero-order chi connectivity index (χ0) is 20.1. The summed E-state index contributed by atoms with van der Waals surface area (Å²) in [5.74, 6) is -0.965. The van der Waals surface area contributed by atoms with E-state index in [0.29, 0.717) is 29.9 Å². The maximum absolute atomic E-state index is 12.9. The van der Waals surface area contributed by atoms with E-state index in [0.717, 1.165) is 5.56 Å². The number of aliphatic hydroxyl groups excluding tert-OH is 1. The van der Waals surface area contributed by atoms with Crippen molar-refractivity contribution in [2.45, 2.75) is 44.7 Å². The summed E-state index contributed by atoms with van der Waals surface area (Å²) in [6.07, 6.45) is 2.29. The van der Waals surface area contributed by atoms with Gasteiger partial charge in [0.05, 0.1) is 24.2 Å². The molecule has 0 saturated carbocycles. The number of imide groups is 1. The minimum Gasteiger partial charge on any atom is -0.395 e. The van der Waals surface area contributed by atoms with Gasteiger partial charge in [0, 0.05) is 23.9 Å². The van der Waals surface area contributed by atoms with Crippen molar-refractivity contribution in [2.75, 3.05) is 6.61 Å². The quantitative estimate of drug-likeness (QED) is 0.733. The van der Waals surface area contributed by atoms with E-state index in [-0.39, 0.29) is 24.8 Å². The van der Waals surface area contributed by atoms with Crippen molar-refractivity contribution in [3.8, 4) is 5.69 Å². The van der Waals surface area contributed by atoms with E-state index in [9.17, 15) is 19.5 Å². The van der Waals surface area contributed by atoms with Crippen molar-refractivity contribution >= 4 is 17.7 Å². The molecule has 0 aliphatic carbocycles. The largest absolute Gasteiger partial charge is 0.395 e. The van der Waals surface area contributed by atoms with Gasteiger partial charge in [0.2, 0.25) is 11.8 Å². The molecule has 1 aromatic carbocycles. The van der Waals surface area contributed by atoms with Gasteiger partial charge in [-0.25, -0.2) is 4.68 Å². The molecule has 0 bridgehead atoms. The van der Waals surface area contributed by atoms with Gasteiger partial charge in [-0.1, -0.05) is 25.1 Å². The molecule has 1 unspecified atom stereocenters. The fourth-order valence-electron chi connectivity index (χ4n) is 3.47. The van der Waals surface area contributed by atoms with Crippen molar-refractivity contribution < 1.29 is 19.5 Å². The Bertz CT molecular complexity index is 980. The van der Waals surface area contributed by atoms with Crippen LogP contribution in [0.4, 0.5) is 0 Å². The number of carbonyl (C=O) groups is 3. The average Bonchev–Trinajstić information content (AvgIpc) is 3.28. The summed E-state index contributed by atoms with van der Waals surface area (Å²) in [7, 11) is 0. The molecule has 3 amide bonds. The van der Waals surface area contributed by atoms with Gasteiger partial charge < -0.3 is 10.0 Å². The van der Waals surface area contributed by atoms with E-state index in [1.807, 2.05) is 26.0 Å². The molecule has 2 aliphatic rings. The first kappa shape index (κ1) is 18.3. The van der Waals surface area contributed by atoms with Gasteiger partial charge in [0.1, 0.15) is 6.04 Å². The Hall–Kier alpha value is -3.07. The van der Waals surface area contributed by atoms with Crippen LogP contribution in [-0.4, -0.2) is 55.4 Å². The summed E-state index contributed by atoms with van der Waals surface area (Å²) in [6.45, 7) is 4.01. The van der Waals surface area contributed by atoms with Gasteiger partial charge in [-0.15, -0.1) is 5.10 Å². The maximum atomic E-state index is 12.9. The zero-order valence-corrected chi connectivity index (χ0v) is 15.7. The number of piperidine rings is 1. The van der Waals surface area contributed by atoms with Crippen molar-refractivity contribution in [3.63, 3.8) is 0 Å². The number of nitrogens with one attached hydrogen (secondary N) is 1. The standard InChI is InChI=1S/C19H21N5O4/c1-19(2,10-25)15-9-24(22-21-15)12-4-3-11-8-23(18(28)13(11)7-12)14-5-6-16(26)20-17(14)27/h3-4,7,9,14,25H,5-6,8,10H2,1-2H3,(H,20,26,27). The Balaban J connectivity index is 1.60. The number of benzene rings is 1. The first-order valence-electron chi connectivity index (χ1n) is 9.12. The van der Waals surface area contributed by atoms with Crippen molar-refractivity contribution in [1.82, 2.24) is 25.2 Å². The van der Waals surface area contributed by atoms with Gasteiger partial charge in [-0.2, -0.15) is 0 Å². The van der Waals surface area contributed by atoms with E-state index in [2.05, 4.69) is 15.6 Å². The SMILES string of the molecule is CC(C)(CO)c1cn(-c2ccc3c(c2)C(=O)N(C2CCC(=O)NC2=O)C3)nn1. The van der Waals surface area contributed by atoms with Gasteiger partial charge >= 0.3 is 0 Å². The lowest BCUT2D eigenvalue weighted by molar-refractivity contribution is -0.136. The van der Waals surface area contributed by atoms with Crippen LogP contribution in [0.1, 0.15) is 48.3 Å². The molecular weight excluding hydrogens is 362 g/mol. The Morgan fingerprint density at radius 1 is 1.29 bits per heavy atom. The highest BCUT2D eigenvalue weighted by molar-refractivity contribution is 6.05. The molecule has 1 saturated heterocycles. The molecule has 3 heterocycles. The second-order valence-electron chi connectivity index (χ2n) is 7.83. The molecule has 2 N–H and O–H groups in total. The number of hydrogen-bond acceptors (Lipinski definition) is 6. The van der Waals surface area contributed by atoms with Gasteiger partial charge in [0.15, 0.2) is 0 Å². The molecule has 1 atom stereocenters. The molecular formula is C19H21N5O4. The topological polar surface area (TPSA) is 117 Å². The lowest BCUT2D eigenvalue weighted by atomic mass is 9.91. The first-order valence-corrected chi connectivity index (χ1v) is 9.12.